The molecule has 0 spiro atoms. The zero-order valence-electron chi connectivity index (χ0n) is 12.8. The van der Waals surface area contributed by atoms with Crippen LogP contribution >= 0.6 is 0 Å². The number of nitrogens with zero attached hydrogens (tertiary/aromatic N) is 5. The van der Waals surface area contributed by atoms with E-state index >= 15 is 0 Å². The van der Waals surface area contributed by atoms with Crippen molar-refractivity contribution in [3.8, 4) is 6.07 Å². The lowest BCUT2D eigenvalue weighted by Crippen LogP contribution is -2.46. The molecule has 23 heavy (non-hydrogen) atoms. The normalized spacial score (nSPS) is 16.4. The van der Waals surface area contributed by atoms with Crippen molar-refractivity contribution in [1.29, 1.82) is 5.26 Å². The predicted molar refractivity (Wildman–Crippen MR) is 86.9 cm³/mol. The van der Waals surface area contributed by atoms with Gasteiger partial charge in [-0.1, -0.05) is 0 Å². The highest BCUT2D eigenvalue weighted by Crippen LogP contribution is 2.26. The minimum atomic E-state index is -3.28. The van der Waals surface area contributed by atoms with Gasteiger partial charge in [0.1, 0.15) is 12.1 Å². The number of piperazine rings is 1. The van der Waals surface area contributed by atoms with E-state index in [0.717, 1.165) is 42.9 Å². The highest BCUT2D eigenvalue weighted by atomic mass is 32.2. The number of hydrogen-bond donors (Lipinski definition) is 0. The van der Waals surface area contributed by atoms with Crippen molar-refractivity contribution in [3.63, 3.8) is 0 Å². The number of anilines is 1. The average Bonchev–Trinajstić information content (AvgIpc) is 2.54. The smallest absolute Gasteiger partial charge is 0.175 e. The summed E-state index contributed by atoms with van der Waals surface area (Å²) in [4.78, 5) is 13.0. The molecular formula is C15H17N5O2S. The summed E-state index contributed by atoms with van der Waals surface area (Å²) in [6.07, 6.45) is 2.69. The van der Waals surface area contributed by atoms with Gasteiger partial charge < -0.3 is 4.90 Å². The molecule has 120 valence electrons. The fraction of sp³-hybridized carbons (Fsp3) is 0.400. The van der Waals surface area contributed by atoms with Crippen molar-refractivity contribution >= 4 is 26.6 Å². The van der Waals surface area contributed by atoms with E-state index in [0.29, 0.717) is 6.54 Å². The Morgan fingerprint density at radius 1 is 1.22 bits per heavy atom. The van der Waals surface area contributed by atoms with Crippen molar-refractivity contribution in [2.75, 3.05) is 43.9 Å². The summed E-state index contributed by atoms with van der Waals surface area (Å²) in [5.41, 5.74) is 0.724. The maximum Gasteiger partial charge on any atom is 0.175 e. The maximum absolute atomic E-state index is 11.8. The third-order valence-corrected chi connectivity index (χ3v) is 5.09. The minimum Gasteiger partial charge on any atom is -0.353 e. The zero-order valence-corrected chi connectivity index (χ0v) is 13.6. The van der Waals surface area contributed by atoms with Crippen molar-refractivity contribution in [2.24, 2.45) is 0 Å². The molecule has 1 saturated heterocycles. The molecule has 1 aromatic carbocycles. The van der Waals surface area contributed by atoms with Gasteiger partial charge in [-0.3, -0.25) is 4.90 Å². The van der Waals surface area contributed by atoms with E-state index in [1.807, 2.05) is 0 Å². The summed E-state index contributed by atoms with van der Waals surface area (Å²) in [5.74, 6) is 0.747. The molecule has 0 unspecified atom stereocenters. The van der Waals surface area contributed by atoms with E-state index in [1.165, 1.54) is 12.6 Å². The van der Waals surface area contributed by atoms with Crippen LogP contribution in [0.5, 0.6) is 0 Å². The molecule has 0 saturated carbocycles. The maximum atomic E-state index is 11.8. The number of fused-ring (bicyclic) bond motifs is 1. The third-order valence-electron chi connectivity index (χ3n) is 3.98. The van der Waals surface area contributed by atoms with Crippen LogP contribution in [0, 0.1) is 11.3 Å². The Labute approximate surface area is 135 Å². The number of hydrogen-bond acceptors (Lipinski definition) is 7. The van der Waals surface area contributed by atoms with Crippen LogP contribution in [0.25, 0.3) is 10.9 Å². The van der Waals surface area contributed by atoms with Crippen LogP contribution < -0.4 is 4.90 Å². The number of sulfone groups is 1. The summed E-state index contributed by atoms with van der Waals surface area (Å²) < 4.78 is 23.6. The summed E-state index contributed by atoms with van der Waals surface area (Å²) in [5, 5.41) is 9.51. The van der Waals surface area contributed by atoms with Crippen molar-refractivity contribution in [2.45, 2.75) is 4.90 Å². The van der Waals surface area contributed by atoms with E-state index in [4.69, 9.17) is 5.26 Å². The Hall–Kier alpha value is -2.24. The highest BCUT2D eigenvalue weighted by Gasteiger charge is 2.20. The SMILES string of the molecule is CS(=O)(=O)c1ccc2ncnc(N3CCN(CC#N)CC3)c2c1. The Bertz CT molecular complexity index is 867. The van der Waals surface area contributed by atoms with Gasteiger partial charge in [-0.25, -0.2) is 18.4 Å². The first-order chi connectivity index (χ1) is 11.0. The summed E-state index contributed by atoms with van der Waals surface area (Å²) in [6, 6.07) is 7.08. The summed E-state index contributed by atoms with van der Waals surface area (Å²) in [6.45, 7) is 3.49. The first kappa shape index (κ1) is 15.6. The highest BCUT2D eigenvalue weighted by molar-refractivity contribution is 7.90. The molecule has 0 aliphatic carbocycles. The van der Waals surface area contributed by atoms with Gasteiger partial charge in [0.25, 0.3) is 0 Å². The molecule has 8 heteroatoms. The van der Waals surface area contributed by atoms with Gasteiger partial charge in [0, 0.05) is 37.8 Å². The Balaban J connectivity index is 1.97. The summed E-state index contributed by atoms with van der Waals surface area (Å²) in [7, 11) is -3.28. The van der Waals surface area contributed by atoms with Gasteiger partial charge >= 0.3 is 0 Å². The third kappa shape index (κ3) is 3.25. The Morgan fingerprint density at radius 2 is 1.96 bits per heavy atom. The van der Waals surface area contributed by atoms with Crippen LogP contribution in [0.3, 0.4) is 0 Å². The second-order valence-electron chi connectivity index (χ2n) is 5.57. The van der Waals surface area contributed by atoms with Crippen LogP contribution in [-0.2, 0) is 9.84 Å². The Morgan fingerprint density at radius 3 is 2.61 bits per heavy atom. The monoisotopic (exact) mass is 331 g/mol. The fourth-order valence-electron chi connectivity index (χ4n) is 2.72. The van der Waals surface area contributed by atoms with Crippen molar-refractivity contribution in [3.05, 3.63) is 24.5 Å². The molecule has 3 rings (SSSR count). The van der Waals surface area contributed by atoms with Crippen LogP contribution in [-0.4, -0.2) is 62.3 Å². The van der Waals surface area contributed by atoms with Gasteiger partial charge in [0.05, 0.1) is 23.0 Å². The minimum absolute atomic E-state index is 0.268. The van der Waals surface area contributed by atoms with E-state index in [1.54, 1.807) is 18.2 Å². The second kappa shape index (κ2) is 6.10. The van der Waals surface area contributed by atoms with Crippen molar-refractivity contribution in [1.82, 2.24) is 14.9 Å². The molecule has 0 radical (unpaired) electrons. The number of benzene rings is 1. The number of rotatable bonds is 3. The first-order valence-corrected chi connectivity index (χ1v) is 9.17. The zero-order chi connectivity index (χ0) is 16.4. The van der Waals surface area contributed by atoms with E-state index in [-0.39, 0.29) is 4.90 Å². The Kier molecular flexibility index (Phi) is 4.15. The quantitative estimate of drug-likeness (QED) is 0.764. The van der Waals surface area contributed by atoms with Gasteiger partial charge in [-0.05, 0) is 18.2 Å². The van der Waals surface area contributed by atoms with Gasteiger partial charge in [0.2, 0.25) is 0 Å². The molecule has 0 atom stereocenters. The van der Waals surface area contributed by atoms with E-state index < -0.39 is 9.84 Å². The van der Waals surface area contributed by atoms with Crippen molar-refractivity contribution < 1.29 is 8.42 Å². The summed E-state index contributed by atoms with van der Waals surface area (Å²) >= 11 is 0. The lowest BCUT2D eigenvalue weighted by atomic mass is 10.2. The molecule has 0 bridgehead atoms. The van der Waals surface area contributed by atoms with E-state index in [2.05, 4.69) is 25.8 Å². The average molecular weight is 331 g/mol. The van der Waals surface area contributed by atoms with Crippen LogP contribution in [0.15, 0.2) is 29.4 Å². The fourth-order valence-corrected chi connectivity index (χ4v) is 3.37. The molecule has 1 aromatic heterocycles. The topological polar surface area (TPSA) is 90.2 Å². The van der Waals surface area contributed by atoms with Gasteiger partial charge in [-0.15, -0.1) is 0 Å². The second-order valence-corrected chi connectivity index (χ2v) is 7.59. The van der Waals surface area contributed by atoms with E-state index in [9.17, 15) is 8.42 Å². The molecule has 7 nitrogen and oxygen atoms in total. The number of nitriles is 1. The van der Waals surface area contributed by atoms with Crippen LogP contribution in [0.4, 0.5) is 5.82 Å². The van der Waals surface area contributed by atoms with Crippen LogP contribution in [0.1, 0.15) is 0 Å². The first-order valence-electron chi connectivity index (χ1n) is 7.28. The molecule has 0 N–H and O–H groups in total. The van der Waals surface area contributed by atoms with Gasteiger partial charge in [0.15, 0.2) is 9.84 Å². The lowest BCUT2D eigenvalue weighted by Gasteiger charge is -2.34. The van der Waals surface area contributed by atoms with Gasteiger partial charge in [-0.2, -0.15) is 5.26 Å². The lowest BCUT2D eigenvalue weighted by molar-refractivity contribution is 0.286. The molecule has 0 amide bonds. The molecular weight excluding hydrogens is 314 g/mol. The largest absolute Gasteiger partial charge is 0.353 e. The molecule has 2 heterocycles. The predicted octanol–water partition coefficient (Wildman–Crippen LogP) is 0.679. The molecule has 1 aliphatic heterocycles. The standard InChI is InChI=1S/C15H17N5O2S/c1-23(21,22)12-2-3-14-13(10-12)15(18-11-17-14)20-8-6-19(5-4-16)7-9-20/h2-3,10-11H,5-9H2,1H3. The van der Waals surface area contributed by atoms with Crippen LogP contribution in [0.2, 0.25) is 0 Å². The number of aromatic nitrogens is 2. The molecule has 2 aromatic rings. The molecule has 1 aliphatic rings. The molecule has 1 fully saturated rings.